The molecule has 3 N–H and O–H groups in total. The number of halogens is 1. The van der Waals surface area contributed by atoms with E-state index in [2.05, 4.69) is 5.32 Å². The topological polar surface area (TPSA) is 38.0 Å². The molecule has 0 aliphatic heterocycles. The summed E-state index contributed by atoms with van der Waals surface area (Å²) in [5.41, 5.74) is 8.05. The maximum Gasteiger partial charge on any atom is 0.123 e. The Balaban J connectivity index is 2.13. The Bertz CT molecular complexity index is 520. The van der Waals surface area contributed by atoms with Crippen molar-refractivity contribution in [1.29, 1.82) is 0 Å². The summed E-state index contributed by atoms with van der Waals surface area (Å²) >= 11 is 4.87. The summed E-state index contributed by atoms with van der Waals surface area (Å²) in [7, 11) is 0. The molecule has 0 fully saturated rings. The standard InChI is InChI=1S/C13H11FN2S/c14-10-3-7-12(8-4-10)16-11-5-1-9(2-6-11)13(15)17/h1-8,16H,(H2,15,17). The number of hydrogen-bond donors (Lipinski definition) is 2. The second kappa shape index (κ2) is 4.93. The number of hydrogen-bond acceptors (Lipinski definition) is 2. The van der Waals surface area contributed by atoms with Crippen LogP contribution in [-0.4, -0.2) is 4.99 Å². The van der Waals surface area contributed by atoms with E-state index in [0.29, 0.717) is 4.99 Å². The molecule has 0 radical (unpaired) electrons. The predicted octanol–water partition coefficient (Wildman–Crippen LogP) is 3.20. The molecule has 0 aliphatic carbocycles. The van der Waals surface area contributed by atoms with Crippen LogP contribution in [0, 0.1) is 5.82 Å². The Hall–Kier alpha value is -1.94. The van der Waals surface area contributed by atoms with Crippen molar-refractivity contribution in [1.82, 2.24) is 0 Å². The largest absolute Gasteiger partial charge is 0.389 e. The molecule has 0 atom stereocenters. The van der Waals surface area contributed by atoms with E-state index >= 15 is 0 Å². The van der Waals surface area contributed by atoms with Crippen molar-refractivity contribution in [2.24, 2.45) is 5.73 Å². The van der Waals surface area contributed by atoms with E-state index in [0.717, 1.165) is 16.9 Å². The quantitative estimate of drug-likeness (QED) is 0.817. The molecule has 86 valence electrons. The van der Waals surface area contributed by atoms with Crippen LogP contribution in [0.1, 0.15) is 5.56 Å². The molecule has 0 spiro atoms. The van der Waals surface area contributed by atoms with Crippen LogP contribution < -0.4 is 11.1 Å². The van der Waals surface area contributed by atoms with Gasteiger partial charge in [0.15, 0.2) is 0 Å². The zero-order valence-corrected chi connectivity index (χ0v) is 9.80. The Kier molecular flexibility index (Phi) is 3.35. The van der Waals surface area contributed by atoms with Gasteiger partial charge in [-0.15, -0.1) is 0 Å². The van der Waals surface area contributed by atoms with Crippen LogP contribution in [-0.2, 0) is 0 Å². The highest BCUT2D eigenvalue weighted by atomic mass is 32.1. The third kappa shape index (κ3) is 3.01. The molecule has 2 rings (SSSR count). The summed E-state index contributed by atoms with van der Waals surface area (Å²) in [5, 5.41) is 3.15. The average Bonchev–Trinajstić information content (AvgIpc) is 2.33. The first-order chi connectivity index (χ1) is 8.15. The van der Waals surface area contributed by atoms with Crippen LogP contribution in [0.4, 0.5) is 15.8 Å². The Morgan fingerprint density at radius 2 is 1.41 bits per heavy atom. The van der Waals surface area contributed by atoms with Crippen LogP contribution in [0.2, 0.25) is 0 Å². The summed E-state index contributed by atoms with van der Waals surface area (Å²) in [6.45, 7) is 0. The normalized spacial score (nSPS) is 9.94. The van der Waals surface area contributed by atoms with Crippen molar-refractivity contribution in [3.63, 3.8) is 0 Å². The van der Waals surface area contributed by atoms with E-state index in [-0.39, 0.29) is 5.82 Å². The third-order valence-corrected chi connectivity index (χ3v) is 2.54. The van der Waals surface area contributed by atoms with Gasteiger partial charge in [-0.2, -0.15) is 0 Å². The minimum atomic E-state index is -0.251. The molecule has 0 saturated carbocycles. The van der Waals surface area contributed by atoms with E-state index in [4.69, 9.17) is 18.0 Å². The van der Waals surface area contributed by atoms with Gasteiger partial charge >= 0.3 is 0 Å². The molecule has 0 unspecified atom stereocenters. The molecule has 2 aromatic rings. The third-order valence-electron chi connectivity index (χ3n) is 2.30. The lowest BCUT2D eigenvalue weighted by Gasteiger charge is -2.07. The lowest BCUT2D eigenvalue weighted by atomic mass is 10.2. The molecular weight excluding hydrogens is 235 g/mol. The molecular formula is C13H11FN2S. The van der Waals surface area contributed by atoms with Crippen LogP contribution in [0.3, 0.4) is 0 Å². The molecule has 4 heteroatoms. The SMILES string of the molecule is NC(=S)c1ccc(Nc2ccc(F)cc2)cc1. The maximum atomic E-state index is 12.7. The van der Waals surface area contributed by atoms with Crippen molar-refractivity contribution in [3.05, 3.63) is 59.9 Å². The average molecular weight is 246 g/mol. The number of anilines is 2. The summed E-state index contributed by atoms with van der Waals surface area (Å²) in [6, 6.07) is 13.6. The van der Waals surface area contributed by atoms with Gasteiger partial charge in [-0.3, -0.25) is 0 Å². The number of nitrogens with one attached hydrogen (secondary N) is 1. The van der Waals surface area contributed by atoms with Gasteiger partial charge in [0.25, 0.3) is 0 Å². The van der Waals surface area contributed by atoms with Gasteiger partial charge in [-0.25, -0.2) is 4.39 Å². The minimum Gasteiger partial charge on any atom is -0.389 e. The Morgan fingerprint density at radius 1 is 0.941 bits per heavy atom. The Morgan fingerprint density at radius 3 is 1.88 bits per heavy atom. The molecule has 0 aromatic heterocycles. The van der Waals surface area contributed by atoms with Gasteiger partial charge in [0, 0.05) is 16.9 Å². The fraction of sp³-hybridized carbons (Fsp3) is 0. The van der Waals surface area contributed by atoms with E-state index < -0.39 is 0 Å². The first-order valence-electron chi connectivity index (χ1n) is 5.07. The number of benzene rings is 2. The first kappa shape index (κ1) is 11.5. The monoisotopic (exact) mass is 246 g/mol. The predicted molar refractivity (Wildman–Crippen MR) is 72.0 cm³/mol. The van der Waals surface area contributed by atoms with Crippen molar-refractivity contribution in [3.8, 4) is 0 Å². The van der Waals surface area contributed by atoms with Crippen LogP contribution >= 0.6 is 12.2 Å². The highest BCUT2D eigenvalue weighted by molar-refractivity contribution is 7.80. The number of thiocarbonyl (C=S) groups is 1. The van der Waals surface area contributed by atoms with E-state index in [1.54, 1.807) is 12.1 Å². The van der Waals surface area contributed by atoms with Gasteiger partial charge in [-0.1, -0.05) is 12.2 Å². The fourth-order valence-corrected chi connectivity index (χ4v) is 1.55. The maximum absolute atomic E-state index is 12.7. The van der Waals surface area contributed by atoms with Crippen molar-refractivity contribution in [2.45, 2.75) is 0 Å². The summed E-state index contributed by atoms with van der Waals surface area (Å²) in [4.78, 5) is 0.373. The first-order valence-corrected chi connectivity index (χ1v) is 5.48. The molecule has 0 bridgehead atoms. The number of rotatable bonds is 3. The highest BCUT2D eigenvalue weighted by Gasteiger charge is 1.98. The summed E-state index contributed by atoms with van der Waals surface area (Å²) < 4.78 is 12.7. The highest BCUT2D eigenvalue weighted by Crippen LogP contribution is 2.17. The van der Waals surface area contributed by atoms with Crippen molar-refractivity contribution in [2.75, 3.05) is 5.32 Å². The van der Waals surface area contributed by atoms with Gasteiger partial charge in [0.1, 0.15) is 10.8 Å². The molecule has 0 heterocycles. The zero-order chi connectivity index (χ0) is 12.3. The second-order valence-electron chi connectivity index (χ2n) is 3.57. The molecule has 2 aromatic carbocycles. The molecule has 2 nitrogen and oxygen atoms in total. The lowest BCUT2D eigenvalue weighted by molar-refractivity contribution is 0.628. The second-order valence-corrected chi connectivity index (χ2v) is 4.01. The van der Waals surface area contributed by atoms with Gasteiger partial charge in [0.05, 0.1) is 0 Å². The lowest BCUT2D eigenvalue weighted by Crippen LogP contribution is -2.08. The summed E-state index contributed by atoms with van der Waals surface area (Å²) in [6.07, 6.45) is 0. The Labute approximate surface area is 104 Å². The van der Waals surface area contributed by atoms with Gasteiger partial charge < -0.3 is 11.1 Å². The number of nitrogens with two attached hydrogens (primary N) is 1. The zero-order valence-electron chi connectivity index (χ0n) is 8.98. The molecule has 0 saturated heterocycles. The van der Waals surface area contributed by atoms with Crippen molar-refractivity contribution < 1.29 is 4.39 Å². The fourth-order valence-electron chi connectivity index (χ4n) is 1.42. The smallest absolute Gasteiger partial charge is 0.123 e. The van der Waals surface area contributed by atoms with Crippen LogP contribution in [0.15, 0.2) is 48.5 Å². The van der Waals surface area contributed by atoms with E-state index in [1.165, 1.54) is 12.1 Å². The molecule has 0 aliphatic rings. The molecule has 0 amide bonds. The van der Waals surface area contributed by atoms with Crippen LogP contribution in [0.25, 0.3) is 0 Å². The van der Waals surface area contributed by atoms with Crippen molar-refractivity contribution >= 4 is 28.6 Å². The van der Waals surface area contributed by atoms with E-state index in [1.807, 2.05) is 24.3 Å². The van der Waals surface area contributed by atoms with Crippen LogP contribution in [0.5, 0.6) is 0 Å². The minimum absolute atomic E-state index is 0.251. The van der Waals surface area contributed by atoms with Gasteiger partial charge in [-0.05, 0) is 48.5 Å². The summed E-state index contributed by atoms with van der Waals surface area (Å²) in [5.74, 6) is -0.251. The van der Waals surface area contributed by atoms with E-state index in [9.17, 15) is 4.39 Å². The van der Waals surface area contributed by atoms with Gasteiger partial charge in [0.2, 0.25) is 0 Å². The molecule has 17 heavy (non-hydrogen) atoms.